The Morgan fingerprint density at radius 1 is 1.15 bits per heavy atom. The molecule has 0 heterocycles. The zero-order valence-corrected chi connectivity index (χ0v) is 12.5. The Morgan fingerprint density at radius 3 is 2.05 bits per heavy atom. The van der Waals surface area contributed by atoms with Crippen molar-refractivity contribution in [3.05, 3.63) is 0 Å². The highest BCUT2D eigenvalue weighted by Gasteiger charge is 2.55. The number of carbonyl (C=O) groups excluding carboxylic acids is 1. The van der Waals surface area contributed by atoms with E-state index in [-0.39, 0.29) is 17.6 Å². The maximum Gasteiger partial charge on any atom is 0.315 e. The molecular weight excluding hydrogens is 276 g/mol. The summed E-state index contributed by atoms with van der Waals surface area (Å²) in [5.41, 5.74) is -0.0776. The molecule has 1 N–H and O–H groups in total. The minimum absolute atomic E-state index is 0.0164. The van der Waals surface area contributed by atoms with E-state index in [1.165, 1.54) is 19.3 Å². The van der Waals surface area contributed by atoms with Crippen molar-refractivity contribution in [2.75, 3.05) is 5.75 Å². The number of thiol groups is 1. The van der Waals surface area contributed by atoms with Gasteiger partial charge in [0, 0.05) is 5.41 Å². The summed E-state index contributed by atoms with van der Waals surface area (Å²) in [4.78, 5) is 22.8. The number of ether oxygens (including phenoxy) is 1. The van der Waals surface area contributed by atoms with Crippen LogP contribution in [0.25, 0.3) is 0 Å². The lowest BCUT2D eigenvalue weighted by atomic mass is 9.48. The molecule has 0 amide bonds. The summed E-state index contributed by atoms with van der Waals surface area (Å²) in [5.74, 6) is 0.891. The molecule has 5 heteroatoms. The van der Waals surface area contributed by atoms with E-state index in [2.05, 4.69) is 12.6 Å². The molecule has 0 aromatic carbocycles. The molecule has 1 atom stereocenters. The van der Waals surface area contributed by atoms with E-state index in [0.717, 1.165) is 19.3 Å². The molecule has 4 aliphatic carbocycles. The van der Waals surface area contributed by atoms with Crippen LogP contribution >= 0.6 is 12.6 Å². The van der Waals surface area contributed by atoms with Crippen molar-refractivity contribution in [2.24, 2.45) is 23.2 Å². The first kappa shape index (κ1) is 14.2. The molecule has 4 bridgehead atoms. The SMILES string of the molecule is O=C(O)CC(OC(=O)CS)C12CC3CC(CC(C3)C1)C2. The Balaban J connectivity index is 1.81. The maximum absolute atomic E-state index is 11.6. The second kappa shape index (κ2) is 5.24. The van der Waals surface area contributed by atoms with Crippen LogP contribution in [0.4, 0.5) is 0 Å². The predicted molar refractivity (Wildman–Crippen MR) is 76.6 cm³/mol. The van der Waals surface area contributed by atoms with Gasteiger partial charge >= 0.3 is 11.9 Å². The molecule has 20 heavy (non-hydrogen) atoms. The lowest BCUT2D eigenvalue weighted by Gasteiger charge is -2.58. The number of carbonyl (C=O) groups is 2. The number of aliphatic carboxylic acids is 1. The smallest absolute Gasteiger partial charge is 0.315 e. The molecule has 0 aromatic rings. The summed E-state index contributed by atoms with van der Waals surface area (Å²) in [5, 5.41) is 9.16. The van der Waals surface area contributed by atoms with E-state index in [0.29, 0.717) is 17.8 Å². The molecule has 4 nitrogen and oxygen atoms in total. The van der Waals surface area contributed by atoms with Gasteiger partial charge in [-0.05, 0) is 56.3 Å². The van der Waals surface area contributed by atoms with Gasteiger partial charge in [-0.15, -0.1) is 0 Å². The van der Waals surface area contributed by atoms with Gasteiger partial charge in [0.1, 0.15) is 6.10 Å². The quantitative estimate of drug-likeness (QED) is 0.605. The number of hydrogen-bond acceptors (Lipinski definition) is 4. The highest BCUT2D eigenvalue weighted by molar-refractivity contribution is 7.81. The fraction of sp³-hybridized carbons (Fsp3) is 0.867. The normalized spacial score (nSPS) is 39.5. The van der Waals surface area contributed by atoms with Gasteiger partial charge in [-0.1, -0.05) is 0 Å². The Labute approximate surface area is 124 Å². The van der Waals surface area contributed by atoms with Crippen molar-refractivity contribution in [3.63, 3.8) is 0 Å². The first-order valence-corrected chi connectivity index (χ1v) is 8.16. The zero-order valence-electron chi connectivity index (χ0n) is 11.6. The molecule has 0 saturated heterocycles. The molecule has 4 fully saturated rings. The lowest BCUT2D eigenvalue weighted by molar-refractivity contribution is -0.175. The molecule has 0 aromatic heterocycles. The van der Waals surface area contributed by atoms with Crippen molar-refractivity contribution in [1.29, 1.82) is 0 Å². The van der Waals surface area contributed by atoms with E-state index < -0.39 is 18.0 Å². The Hall–Kier alpha value is -0.710. The number of carboxylic acid groups (broad SMARTS) is 1. The van der Waals surface area contributed by atoms with Crippen LogP contribution in [0.3, 0.4) is 0 Å². The second-order valence-electron chi connectivity index (χ2n) is 7.01. The van der Waals surface area contributed by atoms with E-state index >= 15 is 0 Å². The van der Waals surface area contributed by atoms with Crippen LogP contribution in [0, 0.1) is 23.2 Å². The van der Waals surface area contributed by atoms with E-state index in [1.54, 1.807) is 0 Å². The van der Waals surface area contributed by atoms with Gasteiger partial charge in [-0.3, -0.25) is 9.59 Å². The molecule has 112 valence electrons. The van der Waals surface area contributed by atoms with Crippen molar-refractivity contribution in [2.45, 2.75) is 51.0 Å². The zero-order chi connectivity index (χ0) is 14.3. The predicted octanol–water partition coefficient (Wildman–Crippen LogP) is 2.52. The monoisotopic (exact) mass is 298 g/mol. The maximum atomic E-state index is 11.6. The molecule has 0 spiro atoms. The number of esters is 1. The van der Waals surface area contributed by atoms with Crippen molar-refractivity contribution in [1.82, 2.24) is 0 Å². The van der Waals surface area contributed by atoms with E-state index in [9.17, 15) is 9.59 Å². The third-order valence-corrected chi connectivity index (χ3v) is 5.79. The third kappa shape index (κ3) is 2.57. The Morgan fingerprint density at radius 2 is 1.65 bits per heavy atom. The third-order valence-electron chi connectivity index (χ3n) is 5.53. The van der Waals surface area contributed by atoms with Gasteiger partial charge in [0.25, 0.3) is 0 Å². The van der Waals surface area contributed by atoms with Crippen molar-refractivity contribution >= 4 is 24.6 Å². The van der Waals surface area contributed by atoms with Crippen LogP contribution in [0.1, 0.15) is 44.9 Å². The highest BCUT2D eigenvalue weighted by Crippen LogP contribution is 2.62. The van der Waals surface area contributed by atoms with Crippen LogP contribution in [-0.2, 0) is 14.3 Å². The molecule has 4 saturated carbocycles. The second-order valence-corrected chi connectivity index (χ2v) is 7.33. The van der Waals surface area contributed by atoms with Gasteiger partial charge in [0.15, 0.2) is 0 Å². The van der Waals surface area contributed by atoms with Gasteiger partial charge < -0.3 is 9.84 Å². The molecular formula is C15H22O4S. The van der Waals surface area contributed by atoms with Crippen molar-refractivity contribution in [3.8, 4) is 0 Å². The minimum Gasteiger partial charge on any atom is -0.481 e. The van der Waals surface area contributed by atoms with Crippen molar-refractivity contribution < 1.29 is 19.4 Å². The molecule has 0 aliphatic heterocycles. The summed E-state index contributed by atoms with van der Waals surface area (Å²) in [7, 11) is 0. The summed E-state index contributed by atoms with van der Waals surface area (Å²) in [6.07, 6.45) is 6.46. The average molecular weight is 298 g/mol. The van der Waals surface area contributed by atoms with Crippen LogP contribution in [-0.4, -0.2) is 28.9 Å². The minimum atomic E-state index is -0.877. The largest absolute Gasteiger partial charge is 0.481 e. The Kier molecular flexibility index (Phi) is 3.73. The highest BCUT2D eigenvalue weighted by atomic mass is 32.1. The van der Waals surface area contributed by atoms with E-state index in [4.69, 9.17) is 9.84 Å². The van der Waals surface area contributed by atoms with Gasteiger partial charge in [0.2, 0.25) is 0 Å². The van der Waals surface area contributed by atoms with Gasteiger partial charge in [0.05, 0.1) is 12.2 Å². The number of rotatable bonds is 5. The fourth-order valence-electron chi connectivity index (χ4n) is 5.31. The van der Waals surface area contributed by atoms with Crippen LogP contribution in [0.2, 0.25) is 0 Å². The first-order valence-electron chi connectivity index (χ1n) is 7.53. The number of carboxylic acids is 1. The van der Waals surface area contributed by atoms with Crippen LogP contribution < -0.4 is 0 Å². The lowest BCUT2D eigenvalue weighted by Crippen LogP contribution is -2.53. The topological polar surface area (TPSA) is 63.6 Å². The van der Waals surface area contributed by atoms with Gasteiger partial charge in [-0.25, -0.2) is 0 Å². The number of hydrogen-bond donors (Lipinski definition) is 2. The summed E-state index contributed by atoms with van der Waals surface area (Å²) in [6.45, 7) is 0. The standard InChI is InChI=1S/C15H22O4S/c16-13(17)4-12(19-14(18)8-20)15-5-9-1-10(6-15)3-11(2-9)7-15/h9-12,20H,1-8H2,(H,16,17). The van der Waals surface area contributed by atoms with Crippen LogP contribution in [0.15, 0.2) is 0 Å². The first-order chi connectivity index (χ1) is 9.50. The fourth-order valence-corrected chi connectivity index (χ4v) is 5.38. The summed E-state index contributed by atoms with van der Waals surface area (Å²) < 4.78 is 5.50. The Bertz CT molecular complexity index is 385. The molecule has 4 rings (SSSR count). The molecule has 4 aliphatic rings. The summed E-state index contributed by atoms with van der Waals surface area (Å²) in [6, 6.07) is 0. The molecule has 0 radical (unpaired) electrons. The summed E-state index contributed by atoms with van der Waals surface area (Å²) >= 11 is 3.94. The average Bonchev–Trinajstić information content (AvgIpc) is 2.35. The molecule has 1 unspecified atom stereocenters. The van der Waals surface area contributed by atoms with Gasteiger partial charge in [-0.2, -0.15) is 12.6 Å². The van der Waals surface area contributed by atoms with Crippen LogP contribution in [0.5, 0.6) is 0 Å². The van der Waals surface area contributed by atoms with E-state index in [1.807, 2.05) is 0 Å².